The molecule has 1 amide bonds. The van der Waals surface area contributed by atoms with Crippen LogP contribution in [0.3, 0.4) is 0 Å². The van der Waals surface area contributed by atoms with E-state index in [0.717, 1.165) is 0 Å². The summed E-state index contributed by atoms with van der Waals surface area (Å²) in [6, 6.07) is 1.35. The van der Waals surface area contributed by atoms with Crippen molar-refractivity contribution in [3.05, 3.63) is 26.2 Å². The van der Waals surface area contributed by atoms with E-state index in [9.17, 15) is 9.59 Å². The van der Waals surface area contributed by atoms with Crippen molar-refractivity contribution in [2.24, 2.45) is 0 Å². The third-order valence-electron chi connectivity index (χ3n) is 2.80. The fraction of sp³-hybridized carbons (Fsp3) is 0.385. The summed E-state index contributed by atoms with van der Waals surface area (Å²) < 4.78 is 15.1. The van der Waals surface area contributed by atoms with Gasteiger partial charge in [-0.05, 0) is 6.07 Å². The first-order valence-electron chi connectivity index (χ1n) is 6.39. The van der Waals surface area contributed by atoms with Gasteiger partial charge in [0.05, 0.1) is 45.6 Å². The van der Waals surface area contributed by atoms with Gasteiger partial charge in [0.25, 0.3) is 5.91 Å². The molecule has 1 aromatic carbocycles. The Labute approximate surface area is 151 Å². The molecule has 0 aliphatic carbocycles. The van der Waals surface area contributed by atoms with Crippen LogP contribution in [0.15, 0.2) is 6.07 Å². The summed E-state index contributed by atoms with van der Waals surface area (Å²) in [5.74, 6) is -1.35. The van der Waals surface area contributed by atoms with Crippen LogP contribution in [0.25, 0.3) is 0 Å². The van der Waals surface area contributed by atoms with Gasteiger partial charge in [-0.15, -0.1) is 0 Å². The molecule has 1 N–H and O–H groups in total. The van der Waals surface area contributed by atoms with Gasteiger partial charge in [0.1, 0.15) is 0 Å². The summed E-state index contributed by atoms with van der Waals surface area (Å²) in [6.07, 6.45) is -0.843. The summed E-state index contributed by atoms with van der Waals surface area (Å²) in [5.41, 5.74) is 0.0455. The van der Waals surface area contributed by atoms with Crippen LogP contribution in [0, 0.1) is 0 Å². The predicted octanol–water partition coefficient (Wildman–Crippen LogP) is 3.20. The Hall–Kier alpha value is -0.760. The minimum atomic E-state index is -0.843. The van der Waals surface area contributed by atoms with Crippen LogP contribution in [0.4, 0.5) is 5.69 Å². The first kappa shape index (κ1) is 18.6. The molecule has 6 nitrogen and oxygen atoms in total. The number of amides is 1. The normalized spacial score (nSPS) is 17.7. The number of carbonyl (C=O) groups is 2. The number of anilines is 1. The number of hydrogen-bond acceptors (Lipinski definition) is 5. The molecule has 1 heterocycles. The zero-order chi connectivity index (χ0) is 17.0. The van der Waals surface area contributed by atoms with E-state index in [4.69, 9.17) is 60.6 Å². The monoisotopic (exact) mass is 401 g/mol. The fourth-order valence-electron chi connectivity index (χ4n) is 1.71. The number of hydrogen-bond donors (Lipinski definition) is 1. The molecule has 1 fully saturated rings. The molecular formula is C13H11Cl4NO5. The number of nitrogens with one attached hydrogen (secondary N) is 1. The molecule has 0 aromatic heterocycles. The van der Waals surface area contributed by atoms with Crippen molar-refractivity contribution in [1.29, 1.82) is 0 Å². The molecule has 0 saturated carbocycles. The predicted molar refractivity (Wildman–Crippen MR) is 86.6 cm³/mol. The summed E-state index contributed by atoms with van der Waals surface area (Å²) in [4.78, 5) is 23.6. The number of ether oxygens (including phenoxy) is 3. The highest BCUT2D eigenvalue weighted by molar-refractivity contribution is 6.50. The first-order chi connectivity index (χ1) is 10.9. The molecule has 1 aliphatic heterocycles. The van der Waals surface area contributed by atoms with E-state index in [-0.39, 0.29) is 39.0 Å². The average molecular weight is 403 g/mol. The fourth-order valence-corrected chi connectivity index (χ4v) is 2.62. The maximum absolute atomic E-state index is 11.9. The molecule has 23 heavy (non-hydrogen) atoms. The molecule has 0 spiro atoms. The maximum Gasteiger partial charge on any atom is 0.338 e. The van der Waals surface area contributed by atoms with Gasteiger partial charge in [0.15, 0.2) is 12.7 Å². The van der Waals surface area contributed by atoms with Gasteiger partial charge in [0.2, 0.25) is 0 Å². The lowest BCUT2D eigenvalue weighted by Gasteiger charge is -2.21. The Morgan fingerprint density at radius 1 is 1.17 bits per heavy atom. The molecule has 126 valence electrons. The Morgan fingerprint density at radius 2 is 1.83 bits per heavy atom. The summed E-state index contributed by atoms with van der Waals surface area (Å²) in [6.45, 7) is 0.243. The van der Waals surface area contributed by atoms with Gasteiger partial charge < -0.3 is 19.5 Å². The van der Waals surface area contributed by atoms with Gasteiger partial charge in [-0.2, -0.15) is 0 Å². The van der Waals surface area contributed by atoms with Crippen LogP contribution in [-0.4, -0.2) is 44.4 Å². The molecule has 1 saturated heterocycles. The van der Waals surface area contributed by atoms with Gasteiger partial charge in [0, 0.05) is 0 Å². The highest BCUT2D eigenvalue weighted by Crippen LogP contribution is 2.40. The molecule has 0 radical (unpaired) electrons. The maximum atomic E-state index is 11.9. The molecule has 0 bridgehead atoms. The van der Waals surface area contributed by atoms with Gasteiger partial charge >= 0.3 is 5.97 Å². The van der Waals surface area contributed by atoms with E-state index in [1.807, 2.05) is 0 Å². The Balaban J connectivity index is 1.94. The van der Waals surface area contributed by atoms with E-state index in [1.54, 1.807) is 0 Å². The van der Waals surface area contributed by atoms with E-state index < -0.39 is 24.6 Å². The van der Waals surface area contributed by atoms with E-state index in [2.05, 4.69) is 5.32 Å². The van der Waals surface area contributed by atoms with E-state index in [1.165, 1.54) is 6.07 Å². The number of esters is 1. The van der Waals surface area contributed by atoms with Crippen LogP contribution < -0.4 is 5.32 Å². The van der Waals surface area contributed by atoms with Crippen LogP contribution in [0.1, 0.15) is 0 Å². The van der Waals surface area contributed by atoms with Crippen molar-refractivity contribution in [3.63, 3.8) is 0 Å². The second-order valence-corrected chi connectivity index (χ2v) is 6.00. The van der Waals surface area contributed by atoms with Crippen LogP contribution in [-0.2, 0) is 23.8 Å². The third-order valence-corrected chi connectivity index (χ3v) is 4.38. The second kappa shape index (κ2) is 8.37. The number of carbonyl (C=O) groups excluding carboxylic acids is 2. The van der Waals surface area contributed by atoms with Crippen molar-refractivity contribution < 1.29 is 23.8 Å². The van der Waals surface area contributed by atoms with Crippen molar-refractivity contribution in [1.82, 2.24) is 0 Å². The minimum Gasteiger partial charge on any atom is -0.454 e. The lowest BCUT2D eigenvalue weighted by atomic mass is 10.3. The quantitative estimate of drug-likeness (QED) is 0.618. The molecule has 2 rings (SSSR count). The second-order valence-electron chi connectivity index (χ2n) is 4.43. The SMILES string of the molecule is O=C(COC(=O)C1COCCO1)Nc1c(Cl)c(Cl)cc(Cl)c1Cl. The summed E-state index contributed by atoms with van der Waals surface area (Å²) in [5, 5.41) is 2.71. The zero-order valence-corrected chi connectivity index (χ0v) is 14.6. The van der Waals surface area contributed by atoms with Crippen molar-refractivity contribution >= 4 is 64.0 Å². The third kappa shape index (κ3) is 4.86. The Bertz CT molecular complexity index is 593. The zero-order valence-electron chi connectivity index (χ0n) is 11.5. The molecule has 1 aliphatic rings. The topological polar surface area (TPSA) is 73.9 Å². The Kier molecular flexibility index (Phi) is 6.76. The van der Waals surface area contributed by atoms with Crippen LogP contribution in [0.2, 0.25) is 20.1 Å². The molecular weight excluding hydrogens is 392 g/mol. The van der Waals surface area contributed by atoms with Gasteiger partial charge in [-0.3, -0.25) is 4.79 Å². The number of benzene rings is 1. The highest BCUT2D eigenvalue weighted by atomic mass is 35.5. The first-order valence-corrected chi connectivity index (χ1v) is 7.90. The van der Waals surface area contributed by atoms with Crippen molar-refractivity contribution in [2.75, 3.05) is 31.7 Å². The Morgan fingerprint density at radius 3 is 2.39 bits per heavy atom. The summed E-state index contributed by atoms with van der Waals surface area (Å²) >= 11 is 23.7. The smallest absolute Gasteiger partial charge is 0.338 e. The largest absolute Gasteiger partial charge is 0.454 e. The lowest BCUT2D eigenvalue weighted by Crippen LogP contribution is -2.37. The highest BCUT2D eigenvalue weighted by Gasteiger charge is 2.25. The lowest BCUT2D eigenvalue weighted by molar-refractivity contribution is -0.171. The average Bonchev–Trinajstić information content (AvgIpc) is 2.55. The minimum absolute atomic E-state index is 0.0322. The van der Waals surface area contributed by atoms with Crippen LogP contribution >= 0.6 is 46.4 Å². The number of halogens is 4. The molecule has 1 aromatic rings. The van der Waals surface area contributed by atoms with E-state index in [0.29, 0.717) is 6.61 Å². The molecule has 1 unspecified atom stereocenters. The van der Waals surface area contributed by atoms with Gasteiger partial charge in [-0.25, -0.2) is 4.79 Å². The molecule has 1 atom stereocenters. The van der Waals surface area contributed by atoms with Crippen molar-refractivity contribution in [2.45, 2.75) is 6.10 Å². The van der Waals surface area contributed by atoms with Gasteiger partial charge in [-0.1, -0.05) is 46.4 Å². The summed E-state index contributed by atoms with van der Waals surface area (Å²) in [7, 11) is 0. The molecule has 10 heteroatoms. The number of rotatable bonds is 4. The van der Waals surface area contributed by atoms with E-state index >= 15 is 0 Å². The van der Waals surface area contributed by atoms with Crippen molar-refractivity contribution in [3.8, 4) is 0 Å². The van der Waals surface area contributed by atoms with Crippen LogP contribution in [0.5, 0.6) is 0 Å². The standard InChI is InChI=1S/C13H11Cl4NO5/c14-6-3-7(15)11(17)12(10(6)16)18-9(19)5-23-13(20)8-4-21-1-2-22-8/h3,8H,1-2,4-5H2,(H,18,19).